The molecular weight excluding hydrogens is 490 g/mol. The molecule has 0 amide bonds. The molecule has 2 aromatic heterocycles. The van der Waals surface area contributed by atoms with E-state index >= 15 is 0 Å². The molecule has 6 nitrogen and oxygen atoms in total. The summed E-state index contributed by atoms with van der Waals surface area (Å²) in [5, 5.41) is 0.173. The average molecular weight is 513 g/mol. The maximum Gasteiger partial charge on any atom is 0.280 e. The van der Waals surface area contributed by atoms with Crippen LogP contribution < -0.4 is 10.3 Å². The van der Waals surface area contributed by atoms with Gasteiger partial charge in [-0.15, -0.1) is 0 Å². The van der Waals surface area contributed by atoms with Gasteiger partial charge in [-0.25, -0.2) is 14.4 Å². The van der Waals surface area contributed by atoms with E-state index in [2.05, 4.69) is 9.97 Å². The monoisotopic (exact) mass is 512 g/mol. The smallest absolute Gasteiger partial charge is 0.280 e. The first kappa shape index (κ1) is 24.8. The zero-order valence-corrected chi connectivity index (χ0v) is 21.2. The number of rotatable bonds is 6. The van der Waals surface area contributed by atoms with Gasteiger partial charge in [0.2, 0.25) is 5.88 Å². The number of nitrogens with zero attached hydrogens (tertiary/aromatic N) is 4. The van der Waals surface area contributed by atoms with E-state index in [1.807, 2.05) is 26.8 Å². The summed E-state index contributed by atoms with van der Waals surface area (Å²) in [5.41, 5.74) is 3.05. The lowest BCUT2D eigenvalue weighted by molar-refractivity contribution is 0.291. The van der Waals surface area contributed by atoms with Crippen LogP contribution in [0.25, 0.3) is 16.9 Å². The minimum atomic E-state index is -0.519. The van der Waals surface area contributed by atoms with Gasteiger partial charge in [-0.2, -0.15) is 4.98 Å². The molecule has 0 aliphatic heterocycles. The molecule has 0 unspecified atom stereocenters. The van der Waals surface area contributed by atoms with E-state index in [-0.39, 0.29) is 29.2 Å². The van der Waals surface area contributed by atoms with Gasteiger partial charge in [-0.05, 0) is 49.2 Å². The van der Waals surface area contributed by atoms with Gasteiger partial charge in [0, 0.05) is 17.7 Å². The Morgan fingerprint density at radius 2 is 1.77 bits per heavy atom. The Morgan fingerprint density at radius 1 is 1.06 bits per heavy atom. The molecule has 2 heterocycles. The van der Waals surface area contributed by atoms with Crippen molar-refractivity contribution in [1.29, 1.82) is 0 Å². The molecule has 180 valence electrons. The van der Waals surface area contributed by atoms with Gasteiger partial charge < -0.3 is 4.74 Å². The fourth-order valence-electron chi connectivity index (χ4n) is 3.55. The average Bonchev–Trinajstić information content (AvgIpc) is 2.83. The second-order valence-corrected chi connectivity index (χ2v) is 9.20. The van der Waals surface area contributed by atoms with E-state index < -0.39 is 5.56 Å². The van der Waals surface area contributed by atoms with Crippen LogP contribution in [0.3, 0.4) is 0 Å². The van der Waals surface area contributed by atoms with Gasteiger partial charge in [-0.3, -0.25) is 9.36 Å². The lowest BCUT2D eigenvalue weighted by Gasteiger charge is -2.16. The number of aromatic nitrogens is 4. The maximum atomic E-state index is 13.3. The number of hydrogen-bond acceptors (Lipinski definition) is 5. The van der Waals surface area contributed by atoms with Crippen LogP contribution in [0.2, 0.25) is 10.0 Å². The normalized spacial score (nSPS) is 11.2. The number of hydrogen-bond donors (Lipinski definition) is 0. The molecule has 0 aliphatic carbocycles. The molecule has 4 aromatic rings. The Hall–Kier alpha value is -3.29. The van der Waals surface area contributed by atoms with Gasteiger partial charge in [0.05, 0.1) is 16.4 Å². The van der Waals surface area contributed by atoms with Crippen molar-refractivity contribution < 1.29 is 9.13 Å². The first-order valence-corrected chi connectivity index (χ1v) is 11.7. The lowest BCUT2D eigenvalue weighted by Crippen LogP contribution is -2.24. The third-order valence-corrected chi connectivity index (χ3v) is 6.06. The van der Waals surface area contributed by atoms with Crippen LogP contribution in [0.5, 0.6) is 5.88 Å². The predicted octanol–water partition coefficient (Wildman–Crippen LogP) is 6.45. The molecule has 0 atom stereocenters. The number of benzene rings is 2. The van der Waals surface area contributed by atoms with E-state index in [9.17, 15) is 9.18 Å². The molecule has 0 saturated carbocycles. The summed E-state index contributed by atoms with van der Waals surface area (Å²) in [5.74, 6) is 0.879. The van der Waals surface area contributed by atoms with Crippen molar-refractivity contribution in [3.05, 3.63) is 97.7 Å². The van der Waals surface area contributed by atoms with Gasteiger partial charge in [-0.1, -0.05) is 55.2 Å². The predicted molar refractivity (Wildman–Crippen MR) is 135 cm³/mol. The summed E-state index contributed by atoms with van der Waals surface area (Å²) in [6.07, 6.45) is 1.79. The Bertz CT molecular complexity index is 1450. The fraction of sp³-hybridized carbons (Fsp3) is 0.231. The van der Waals surface area contributed by atoms with E-state index in [4.69, 9.17) is 32.9 Å². The minimum Gasteiger partial charge on any atom is -0.472 e. The Labute approximate surface area is 212 Å². The van der Waals surface area contributed by atoms with Crippen molar-refractivity contribution in [1.82, 2.24) is 19.5 Å². The van der Waals surface area contributed by atoms with E-state index in [0.29, 0.717) is 22.1 Å². The van der Waals surface area contributed by atoms with Crippen molar-refractivity contribution in [3.63, 3.8) is 0 Å². The largest absolute Gasteiger partial charge is 0.472 e. The second kappa shape index (κ2) is 10.1. The van der Waals surface area contributed by atoms with Crippen LogP contribution in [0.15, 0.2) is 53.5 Å². The van der Waals surface area contributed by atoms with Crippen LogP contribution in [-0.4, -0.2) is 19.5 Å². The van der Waals surface area contributed by atoms with Gasteiger partial charge in [0.25, 0.3) is 5.56 Å². The topological polar surface area (TPSA) is 69.9 Å². The van der Waals surface area contributed by atoms with Crippen molar-refractivity contribution >= 4 is 23.2 Å². The van der Waals surface area contributed by atoms with Crippen molar-refractivity contribution in [2.24, 2.45) is 0 Å². The molecule has 35 heavy (non-hydrogen) atoms. The van der Waals surface area contributed by atoms with Crippen molar-refractivity contribution in [3.8, 4) is 22.8 Å². The summed E-state index contributed by atoms with van der Waals surface area (Å²) in [7, 11) is 0. The highest BCUT2D eigenvalue weighted by atomic mass is 35.5. The second-order valence-electron chi connectivity index (χ2n) is 8.41. The quantitative estimate of drug-likeness (QED) is 0.296. The van der Waals surface area contributed by atoms with E-state index in [1.54, 1.807) is 37.4 Å². The summed E-state index contributed by atoms with van der Waals surface area (Å²) in [6.45, 7) is 7.72. The molecule has 0 aliphatic rings. The standard InChI is InChI=1S/C26H23Cl2FN4O2/c1-14(2)24-30-12-15(3)23(32-24)18-7-10-20(27)21(11-18)33-16(4)31-25(22(28)26(33)34)35-13-17-5-8-19(29)9-6-17/h5-12,14H,13H2,1-4H3. The van der Waals surface area contributed by atoms with Gasteiger partial charge in [0.1, 0.15) is 24.1 Å². The molecule has 0 fully saturated rings. The Morgan fingerprint density at radius 3 is 2.46 bits per heavy atom. The lowest BCUT2D eigenvalue weighted by atomic mass is 10.1. The zero-order chi connectivity index (χ0) is 25.3. The molecule has 0 radical (unpaired) electrons. The molecule has 0 spiro atoms. The summed E-state index contributed by atoms with van der Waals surface area (Å²) in [4.78, 5) is 26.8. The first-order chi connectivity index (χ1) is 16.7. The third kappa shape index (κ3) is 5.21. The highest BCUT2D eigenvalue weighted by Gasteiger charge is 2.19. The van der Waals surface area contributed by atoms with Crippen LogP contribution in [-0.2, 0) is 6.61 Å². The van der Waals surface area contributed by atoms with Crippen LogP contribution in [0.4, 0.5) is 4.39 Å². The summed E-state index contributed by atoms with van der Waals surface area (Å²) < 4.78 is 20.1. The van der Waals surface area contributed by atoms with Gasteiger partial charge >= 0.3 is 0 Å². The molecule has 0 saturated heterocycles. The fourth-order valence-corrected chi connectivity index (χ4v) is 3.94. The molecule has 9 heteroatoms. The third-order valence-electron chi connectivity index (χ3n) is 5.42. The molecule has 0 bridgehead atoms. The number of aryl methyl sites for hydroxylation is 2. The first-order valence-electron chi connectivity index (χ1n) is 11.0. The zero-order valence-electron chi connectivity index (χ0n) is 19.6. The molecule has 2 aromatic carbocycles. The minimum absolute atomic E-state index is 0.00441. The van der Waals surface area contributed by atoms with E-state index in [0.717, 1.165) is 22.6 Å². The Kier molecular flexibility index (Phi) is 7.19. The Balaban J connectivity index is 1.74. The van der Waals surface area contributed by atoms with Crippen molar-refractivity contribution in [2.45, 2.75) is 40.2 Å². The van der Waals surface area contributed by atoms with Crippen LogP contribution >= 0.6 is 23.2 Å². The highest BCUT2D eigenvalue weighted by molar-refractivity contribution is 6.33. The van der Waals surface area contributed by atoms with Gasteiger partial charge in [0.15, 0.2) is 5.02 Å². The highest BCUT2D eigenvalue weighted by Crippen LogP contribution is 2.30. The molecular formula is C26H23Cl2FN4O2. The van der Waals surface area contributed by atoms with E-state index in [1.165, 1.54) is 16.7 Å². The van der Waals surface area contributed by atoms with Crippen LogP contribution in [0.1, 0.15) is 42.5 Å². The van der Waals surface area contributed by atoms with Crippen LogP contribution in [0, 0.1) is 19.7 Å². The number of ether oxygens (including phenoxy) is 1. The summed E-state index contributed by atoms with van der Waals surface area (Å²) in [6, 6.07) is 11.2. The molecule has 4 rings (SSSR count). The summed E-state index contributed by atoms with van der Waals surface area (Å²) >= 11 is 12.9. The van der Waals surface area contributed by atoms with Crippen molar-refractivity contribution in [2.75, 3.05) is 0 Å². The number of halogens is 3. The molecule has 0 N–H and O–H groups in total. The SMILES string of the molecule is Cc1cnc(C(C)C)nc1-c1ccc(Cl)c(-n2c(C)nc(OCc3ccc(F)cc3)c(Cl)c2=O)c1. The maximum absolute atomic E-state index is 13.3.